The summed E-state index contributed by atoms with van der Waals surface area (Å²) in [4.78, 5) is 12.0. The number of ether oxygens (including phenoxy) is 4. The van der Waals surface area contributed by atoms with Crippen LogP contribution in [-0.4, -0.2) is 27.3 Å². The van der Waals surface area contributed by atoms with Gasteiger partial charge in [0.2, 0.25) is 0 Å². The Labute approximate surface area is 129 Å². The molecular weight excluding hydrogens is 284 g/mol. The van der Waals surface area contributed by atoms with E-state index in [-0.39, 0.29) is 0 Å². The van der Waals surface area contributed by atoms with Gasteiger partial charge in [0.05, 0.1) is 7.11 Å². The van der Waals surface area contributed by atoms with Crippen LogP contribution in [0.15, 0.2) is 54.6 Å². The summed E-state index contributed by atoms with van der Waals surface area (Å²) in [5, 5.41) is 0. The van der Waals surface area contributed by atoms with E-state index in [4.69, 9.17) is 18.9 Å². The lowest BCUT2D eigenvalue weighted by Gasteiger charge is -2.28. The molecule has 0 heterocycles. The zero-order valence-corrected chi connectivity index (χ0v) is 12.7. The zero-order chi connectivity index (χ0) is 16.0. The van der Waals surface area contributed by atoms with E-state index in [1.807, 2.05) is 30.3 Å². The summed E-state index contributed by atoms with van der Waals surface area (Å²) in [5.41, 5.74) is 0.518. The van der Waals surface area contributed by atoms with Gasteiger partial charge in [0, 0.05) is 19.8 Å². The number of methoxy groups -OCH3 is 3. The maximum atomic E-state index is 12.0. The molecule has 0 fully saturated rings. The van der Waals surface area contributed by atoms with Gasteiger partial charge in [-0.2, -0.15) is 0 Å². The lowest BCUT2D eigenvalue weighted by molar-refractivity contribution is -0.233. The van der Waals surface area contributed by atoms with Crippen molar-refractivity contribution in [2.24, 2.45) is 0 Å². The van der Waals surface area contributed by atoms with E-state index in [0.717, 1.165) is 5.75 Å². The molecule has 2 rings (SSSR count). The molecule has 0 bridgehead atoms. The van der Waals surface area contributed by atoms with Crippen LogP contribution in [0, 0.1) is 0 Å². The molecule has 0 aliphatic heterocycles. The topological polar surface area (TPSA) is 54.0 Å². The summed E-state index contributed by atoms with van der Waals surface area (Å²) in [7, 11) is 4.05. The highest BCUT2D eigenvalue weighted by Gasteiger charge is 2.42. The molecule has 5 nitrogen and oxygen atoms in total. The van der Waals surface area contributed by atoms with E-state index in [1.54, 1.807) is 24.3 Å². The van der Waals surface area contributed by atoms with Crippen molar-refractivity contribution < 1.29 is 23.7 Å². The molecule has 0 saturated heterocycles. The van der Waals surface area contributed by atoms with Crippen LogP contribution < -0.4 is 4.74 Å². The van der Waals surface area contributed by atoms with Crippen LogP contribution in [0.3, 0.4) is 0 Å². The molecule has 0 radical (unpaired) electrons. The standard InChI is InChI=1S/C17H18O5/c1-19-16(18)17(20-2,21-3)13-9-11-15(12-10-13)22-14-7-5-4-6-8-14/h4-12H,1-3H3. The summed E-state index contributed by atoms with van der Waals surface area (Å²) >= 11 is 0. The Balaban J connectivity index is 2.25. The third-order valence-corrected chi connectivity index (χ3v) is 3.24. The minimum Gasteiger partial charge on any atom is -0.465 e. The van der Waals surface area contributed by atoms with Gasteiger partial charge in [0.25, 0.3) is 5.79 Å². The lowest BCUT2D eigenvalue weighted by Crippen LogP contribution is -2.40. The fourth-order valence-corrected chi connectivity index (χ4v) is 2.10. The van der Waals surface area contributed by atoms with Gasteiger partial charge in [-0.05, 0) is 36.4 Å². The van der Waals surface area contributed by atoms with Crippen LogP contribution >= 0.6 is 0 Å². The van der Waals surface area contributed by atoms with Gasteiger partial charge in [-0.1, -0.05) is 18.2 Å². The van der Waals surface area contributed by atoms with Gasteiger partial charge in [-0.3, -0.25) is 0 Å². The summed E-state index contributed by atoms with van der Waals surface area (Å²) in [6.07, 6.45) is 0. The predicted octanol–water partition coefficient (Wildman–Crippen LogP) is 3.10. The van der Waals surface area contributed by atoms with Crippen LogP contribution in [-0.2, 0) is 24.8 Å². The fraction of sp³-hybridized carbons (Fsp3) is 0.235. The first-order chi connectivity index (χ1) is 10.7. The molecule has 0 unspecified atom stereocenters. The molecule has 0 aliphatic carbocycles. The second kappa shape index (κ2) is 7.06. The lowest BCUT2D eigenvalue weighted by atomic mass is 10.1. The Morgan fingerprint density at radius 3 is 1.86 bits per heavy atom. The number of carbonyl (C=O) groups excluding carboxylic acids is 1. The van der Waals surface area contributed by atoms with Crippen LogP contribution in [0.25, 0.3) is 0 Å². The van der Waals surface area contributed by atoms with Crippen molar-refractivity contribution in [2.75, 3.05) is 21.3 Å². The van der Waals surface area contributed by atoms with Crippen molar-refractivity contribution in [3.63, 3.8) is 0 Å². The van der Waals surface area contributed by atoms with Gasteiger partial charge in [0.15, 0.2) is 0 Å². The predicted molar refractivity (Wildman–Crippen MR) is 80.7 cm³/mol. The number of hydrogen-bond donors (Lipinski definition) is 0. The number of carbonyl (C=O) groups is 1. The van der Waals surface area contributed by atoms with Gasteiger partial charge >= 0.3 is 5.97 Å². The van der Waals surface area contributed by atoms with Crippen LogP contribution in [0.2, 0.25) is 0 Å². The normalized spacial score (nSPS) is 11.0. The van der Waals surface area contributed by atoms with Crippen molar-refractivity contribution >= 4 is 5.97 Å². The monoisotopic (exact) mass is 302 g/mol. The second-order valence-electron chi connectivity index (χ2n) is 4.46. The average Bonchev–Trinajstić information content (AvgIpc) is 2.58. The Hall–Kier alpha value is -2.37. The molecule has 0 aromatic heterocycles. The van der Waals surface area contributed by atoms with Crippen molar-refractivity contribution in [1.29, 1.82) is 0 Å². The molecule has 22 heavy (non-hydrogen) atoms. The summed E-state index contributed by atoms with van der Waals surface area (Å²) < 4.78 is 21.0. The number of para-hydroxylation sites is 1. The van der Waals surface area contributed by atoms with E-state index in [1.165, 1.54) is 21.3 Å². The second-order valence-corrected chi connectivity index (χ2v) is 4.46. The largest absolute Gasteiger partial charge is 0.465 e. The summed E-state index contributed by atoms with van der Waals surface area (Å²) in [6.45, 7) is 0. The van der Waals surface area contributed by atoms with Crippen LogP contribution in [0.1, 0.15) is 5.56 Å². The van der Waals surface area contributed by atoms with Crippen molar-refractivity contribution in [1.82, 2.24) is 0 Å². The molecule has 0 amide bonds. The molecule has 2 aromatic rings. The molecule has 0 N–H and O–H groups in total. The highest BCUT2D eigenvalue weighted by Crippen LogP contribution is 2.30. The van der Waals surface area contributed by atoms with Gasteiger partial charge in [-0.25, -0.2) is 4.79 Å². The third-order valence-electron chi connectivity index (χ3n) is 3.24. The Morgan fingerprint density at radius 1 is 0.818 bits per heavy atom. The third kappa shape index (κ3) is 3.10. The van der Waals surface area contributed by atoms with E-state index in [0.29, 0.717) is 11.3 Å². The number of benzene rings is 2. The van der Waals surface area contributed by atoms with Crippen molar-refractivity contribution in [2.45, 2.75) is 5.79 Å². The SMILES string of the molecule is COC(=O)C(OC)(OC)c1ccc(Oc2ccccc2)cc1. The van der Waals surface area contributed by atoms with E-state index in [9.17, 15) is 4.79 Å². The Morgan fingerprint density at radius 2 is 1.36 bits per heavy atom. The van der Waals surface area contributed by atoms with Gasteiger partial charge in [0.1, 0.15) is 11.5 Å². The quantitative estimate of drug-likeness (QED) is 0.606. The first-order valence-corrected chi connectivity index (χ1v) is 6.68. The number of rotatable bonds is 6. The minimum atomic E-state index is -1.58. The van der Waals surface area contributed by atoms with Crippen molar-refractivity contribution in [3.05, 3.63) is 60.2 Å². The highest BCUT2D eigenvalue weighted by molar-refractivity contribution is 5.79. The van der Waals surface area contributed by atoms with E-state index >= 15 is 0 Å². The van der Waals surface area contributed by atoms with E-state index < -0.39 is 11.8 Å². The van der Waals surface area contributed by atoms with Gasteiger partial charge < -0.3 is 18.9 Å². The highest BCUT2D eigenvalue weighted by atomic mass is 16.7. The molecular formula is C17H18O5. The summed E-state index contributed by atoms with van der Waals surface area (Å²) in [5.74, 6) is -0.844. The maximum absolute atomic E-state index is 12.0. The maximum Gasteiger partial charge on any atom is 0.371 e. The molecule has 5 heteroatoms. The summed E-state index contributed by atoms with van der Waals surface area (Å²) in [6, 6.07) is 16.3. The Bertz CT molecular complexity index is 603. The first kappa shape index (κ1) is 16.0. The molecule has 0 spiro atoms. The smallest absolute Gasteiger partial charge is 0.371 e. The van der Waals surface area contributed by atoms with E-state index in [2.05, 4.69) is 0 Å². The van der Waals surface area contributed by atoms with Crippen LogP contribution in [0.5, 0.6) is 11.5 Å². The first-order valence-electron chi connectivity index (χ1n) is 6.68. The van der Waals surface area contributed by atoms with Crippen LogP contribution in [0.4, 0.5) is 0 Å². The molecule has 0 atom stereocenters. The zero-order valence-electron chi connectivity index (χ0n) is 12.7. The average molecular weight is 302 g/mol. The van der Waals surface area contributed by atoms with Gasteiger partial charge in [-0.15, -0.1) is 0 Å². The Kier molecular flexibility index (Phi) is 5.14. The fourth-order valence-electron chi connectivity index (χ4n) is 2.10. The number of esters is 1. The minimum absolute atomic E-state index is 0.518. The molecule has 2 aromatic carbocycles. The van der Waals surface area contributed by atoms with Crippen molar-refractivity contribution in [3.8, 4) is 11.5 Å². The number of hydrogen-bond acceptors (Lipinski definition) is 5. The molecule has 116 valence electrons. The molecule has 0 saturated carbocycles. The molecule has 0 aliphatic rings.